The zero-order chi connectivity index (χ0) is 14.4. The summed E-state index contributed by atoms with van der Waals surface area (Å²) in [6.45, 7) is 0. The number of amides is 3. The van der Waals surface area contributed by atoms with E-state index < -0.39 is 6.03 Å². The van der Waals surface area contributed by atoms with Gasteiger partial charge in [0.05, 0.1) is 6.21 Å². The number of hydrogen-bond acceptors (Lipinski definition) is 4. The Hall–Kier alpha value is -1.54. The molecule has 0 bridgehead atoms. The third-order valence-electron chi connectivity index (χ3n) is 1.92. The minimum Gasteiger partial charge on any atom is -0.350 e. The van der Waals surface area contributed by atoms with Crippen molar-refractivity contribution in [1.29, 1.82) is 0 Å². The third kappa shape index (κ3) is 5.31. The summed E-state index contributed by atoms with van der Waals surface area (Å²) >= 11 is 4.42. The zero-order valence-electron chi connectivity index (χ0n) is 10.4. The van der Waals surface area contributed by atoms with E-state index in [1.165, 1.54) is 11.1 Å². The quantitative estimate of drug-likeness (QED) is 0.500. The molecule has 0 aliphatic heterocycles. The number of halogens is 1. The van der Waals surface area contributed by atoms with Gasteiger partial charge in [0, 0.05) is 29.0 Å². The molecule has 0 radical (unpaired) electrons. The molecule has 0 spiro atoms. The lowest BCUT2D eigenvalue weighted by atomic mass is 10.2. The molecule has 1 rings (SSSR count). The molecule has 8 heteroatoms. The van der Waals surface area contributed by atoms with Crippen LogP contribution in [0, 0.1) is 0 Å². The number of primary amides is 1. The number of carbonyl (C=O) groups excluding carboxylic acids is 2. The number of nitrogens with zero attached hydrogens (tertiary/aromatic N) is 2. The molecule has 0 saturated heterocycles. The van der Waals surface area contributed by atoms with E-state index in [1.54, 1.807) is 26.2 Å². The van der Waals surface area contributed by atoms with Crippen LogP contribution in [0.15, 0.2) is 32.7 Å². The normalized spacial score (nSPS) is 10.5. The number of rotatable bonds is 3. The van der Waals surface area contributed by atoms with Crippen LogP contribution >= 0.6 is 27.7 Å². The number of nitrogens with one attached hydrogen (secondary N) is 1. The highest BCUT2D eigenvalue weighted by molar-refractivity contribution is 9.10. The molecule has 3 N–H and O–H groups in total. The summed E-state index contributed by atoms with van der Waals surface area (Å²) in [4.78, 5) is 24.4. The molecular weight excluding hydrogens is 332 g/mol. The van der Waals surface area contributed by atoms with Gasteiger partial charge < -0.3 is 10.6 Å². The Labute approximate surface area is 123 Å². The summed E-state index contributed by atoms with van der Waals surface area (Å²) in [7, 11) is 3.35. The Morgan fingerprint density at radius 3 is 2.74 bits per heavy atom. The van der Waals surface area contributed by atoms with E-state index in [0.717, 1.165) is 21.1 Å². The van der Waals surface area contributed by atoms with Gasteiger partial charge in [0.2, 0.25) is 0 Å². The second-order valence-electron chi connectivity index (χ2n) is 3.68. The van der Waals surface area contributed by atoms with Crippen molar-refractivity contribution >= 4 is 45.2 Å². The second kappa shape index (κ2) is 7.15. The van der Waals surface area contributed by atoms with Crippen molar-refractivity contribution in [2.75, 3.05) is 14.1 Å². The molecule has 102 valence electrons. The van der Waals surface area contributed by atoms with E-state index >= 15 is 0 Å². The number of hydrogen-bond donors (Lipinski definition) is 2. The molecule has 0 heterocycles. The lowest BCUT2D eigenvalue weighted by Crippen LogP contribution is -2.24. The first-order valence-electron chi connectivity index (χ1n) is 5.17. The summed E-state index contributed by atoms with van der Waals surface area (Å²) in [5, 5.41) is 3.58. The van der Waals surface area contributed by atoms with Crippen LogP contribution in [-0.4, -0.2) is 36.5 Å². The summed E-state index contributed by atoms with van der Waals surface area (Å²) in [6.07, 6.45) is 1.43. The van der Waals surface area contributed by atoms with Crippen molar-refractivity contribution in [3.63, 3.8) is 0 Å². The number of nitrogens with two attached hydrogens (primary N) is 1. The van der Waals surface area contributed by atoms with Gasteiger partial charge in [0.25, 0.3) is 5.24 Å². The van der Waals surface area contributed by atoms with Crippen molar-refractivity contribution in [3.05, 3.63) is 28.2 Å². The van der Waals surface area contributed by atoms with Crippen LogP contribution in [0.4, 0.5) is 9.59 Å². The van der Waals surface area contributed by atoms with E-state index in [4.69, 9.17) is 5.73 Å². The number of carbonyl (C=O) groups is 2. The Morgan fingerprint density at radius 2 is 2.16 bits per heavy atom. The molecule has 0 aliphatic rings. The predicted octanol–water partition coefficient (Wildman–Crippen LogP) is 2.23. The maximum Gasteiger partial charge on any atom is 0.332 e. The van der Waals surface area contributed by atoms with Crippen molar-refractivity contribution in [2.24, 2.45) is 10.8 Å². The lowest BCUT2D eigenvalue weighted by molar-refractivity contribution is 0.241. The Morgan fingerprint density at radius 1 is 1.47 bits per heavy atom. The highest BCUT2D eigenvalue weighted by Gasteiger charge is 2.10. The van der Waals surface area contributed by atoms with E-state index in [0.29, 0.717) is 5.56 Å². The Kier molecular flexibility index (Phi) is 5.84. The molecule has 0 atom stereocenters. The molecular formula is C11H13BrN4O2S. The zero-order valence-corrected chi connectivity index (χ0v) is 12.8. The van der Waals surface area contributed by atoms with Gasteiger partial charge in [0.1, 0.15) is 0 Å². The van der Waals surface area contributed by atoms with Crippen LogP contribution in [-0.2, 0) is 0 Å². The van der Waals surface area contributed by atoms with Crippen LogP contribution in [0.25, 0.3) is 0 Å². The van der Waals surface area contributed by atoms with E-state index in [1.807, 2.05) is 6.07 Å². The molecule has 0 aromatic heterocycles. The minimum atomic E-state index is -0.744. The summed E-state index contributed by atoms with van der Waals surface area (Å²) in [6, 6.07) is 4.65. The fourth-order valence-corrected chi connectivity index (χ4v) is 2.36. The Balaban J connectivity index is 2.94. The van der Waals surface area contributed by atoms with Crippen LogP contribution < -0.4 is 11.2 Å². The van der Waals surface area contributed by atoms with Gasteiger partial charge in [-0.05, 0) is 23.9 Å². The lowest BCUT2D eigenvalue weighted by Gasteiger charge is -2.11. The first-order valence-corrected chi connectivity index (χ1v) is 6.78. The van der Waals surface area contributed by atoms with Gasteiger partial charge in [-0.15, -0.1) is 0 Å². The highest BCUT2D eigenvalue weighted by atomic mass is 79.9. The predicted molar refractivity (Wildman–Crippen MR) is 79.4 cm³/mol. The fraction of sp³-hybridized carbons (Fsp3) is 0.182. The maximum absolute atomic E-state index is 11.7. The third-order valence-corrected chi connectivity index (χ3v) is 3.52. The van der Waals surface area contributed by atoms with Crippen molar-refractivity contribution in [3.8, 4) is 0 Å². The molecule has 0 saturated carbocycles. The average molecular weight is 345 g/mol. The van der Waals surface area contributed by atoms with Gasteiger partial charge in [-0.2, -0.15) is 5.10 Å². The summed E-state index contributed by atoms with van der Waals surface area (Å²) in [5.41, 5.74) is 7.71. The highest BCUT2D eigenvalue weighted by Crippen LogP contribution is 2.27. The van der Waals surface area contributed by atoms with Crippen LogP contribution in [0.5, 0.6) is 0 Å². The SMILES string of the molecule is CN(C)C(=O)Sc1cc(Br)ccc1C=NNC(N)=O. The molecule has 0 unspecified atom stereocenters. The molecule has 6 nitrogen and oxygen atoms in total. The van der Waals surface area contributed by atoms with Gasteiger partial charge in [0.15, 0.2) is 0 Å². The molecule has 0 aliphatic carbocycles. The number of hydrazone groups is 1. The molecule has 1 aromatic rings. The van der Waals surface area contributed by atoms with Crippen LogP contribution in [0.2, 0.25) is 0 Å². The van der Waals surface area contributed by atoms with Crippen molar-refractivity contribution in [2.45, 2.75) is 4.90 Å². The first-order chi connectivity index (χ1) is 8.90. The van der Waals surface area contributed by atoms with Crippen LogP contribution in [0.3, 0.4) is 0 Å². The van der Waals surface area contributed by atoms with Crippen molar-refractivity contribution in [1.82, 2.24) is 10.3 Å². The van der Waals surface area contributed by atoms with E-state index in [9.17, 15) is 9.59 Å². The number of benzene rings is 1. The van der Waals surface area contributed by atoms with Crippen molar-refractivity contribution < 1.29 is 9.59 Å². The Bertz CT molecular complexity index is 519. The van der Waals surface area contributed by atoms with E-state index in [-0.39, 0.29) is 5.24 Å². The van der Waals surface area contributed by atoms with Crippen LogP contribution in [0.1, 0.15) is 5.56 Å². The largest absolute Gasteiger partial charge is 0.350 e. The van der Waals surface area contributed by atoms with Gasteiger partial charge in [-0.3, -0.25) is 4.79 Å². The number of urea groups is 1. The summed E-state index contributed by atoms with van der Waals surface area (Å²) < 4.78 is 0.849. The van der Waals surface area contributed by atoms with E-state index in [2.05, 4.69) is 26.5 Å². The topological polar surface area (TPSA) is 87.8 Å². The van der Waals surface area contributed by atoms with Gasteiger partial charge in [-0.25, -0.2) is 10.2 Å². The second-order valence-corrected chi connectivity index (χ2v) is 5.59. The monoisotopic (exact) mass is 344 g/mol. The standard InChI is InChI=1S/C11H13BrN4O2S/c1-16(2)11(18)19-9-5-8(12)4-3-7(9)6-14-15-10(13)17/h3-6H,1-2H3,(H3,13,15,17). The summed E-state index contributed by atoms with van der Waals surface area (Å²) in [5.74, 6) is 0. The molecule has 1 aromatic carbocycles. The molecule has 3 amide bonds. The molecule has 0 fully saturated rings. The first kappa shape index (κ1) is 15.5. The smallest absolute Gasteiger partial charge is 0.332 e. The van der Waals surface area contributed by atoms with Gasteiger partial charge >= 0.3 is 6.03 Å². The fourth-order valence-electron chi connectivity index (χ4n) is 1.05. The molecule has 19 heavy (non-hydrogen) atoms. The minimum absolute atomic E-state index is 0.101. The van der Waals surface area contributed by atoms with Gasteiger partial charge in [-0.1, -0.05) is 22.0 Å². The maximum atomic E-state index is 11.7. The average Bonchev–Trinajstić information content (AvgIpc) is 2.31. The number of thioether (sulfide) groups is 1.